The fourth-order valence-electron chi connectivity index (χ4n) is 2.66. The highest BCUT2D eigenvalue weighted by Crippen LogP contribution is 2.35. The van der Waals surface area contributed by atoms with Crippen LogP contribution >= 0.6 is 11.3 Å². The molecule has 0 fully saturated rings. The molecule has 3 rings (SSSR count). The first-order valence-corrected chi connectivity index (χ1v) is 8.40. The van der Waals surface area contributed by atoms with Crippen LogP contribution in [0.4, 0.5) is 5.69 Å². The molecule has 0 bridgehead atoms. The Hall–Kier alpha value is -1.62. The number of hydrogen-bond acceptors (Lipinski definition) is 4. The maximum absolute atomic E-state index is 12.3. The molecule has 0 saturated heterocycles. The van der Waals surface area contributed by atoms with Crippen molar-refractivity contribution in [2.24, 2.45) is 5.92 Å². The molecule has 3 N–H and O–H groups in total. The number of nitrogens with zero attached hydrogens (tertiary/aromatic N) is 1. The summed E-state index contributed by atoms with van der Waals surface area (Å²) in [6, 6.07) is 2.13. The van der Waals surface area contributed by atoms with E-state index in [2.05, 4.69) is 30.2 Å². The van der Waals surface area contributed by atoms with E-state index >= 15 is 0 Å². The first-order chi connectivity index (χ1) is 10.1. The highest BCUT2D eigenvalue weighted by Gasteiger charge is 2.21. The standard InChI is InChI=1S/C16H21N3OS/c1-3-9(2)8-18-15(20)14-13(17)11-7-10-5-4-6-12(10)19-16(11)21-14/h7,9H,3-6,8,17H2,1-2H3,(H,18,20). The number of hydrogen-bond donors (Lipinski definition) is 2. The molecule has 2 heterocycles. The number of fused-ring (bicyclic) bond motifs is 2. The largest absolute Gasteiger partial charge is 0.397 e. The molecule has 4 nitrogen and oxygen atoms in total. The van der Waals surface area contributed by atoms with Crippen molar-refractivity contribution >= 4 is 33.1 Å². The summed E-state index contributed by atoms with van der Waals surface area (Å²) in [7, 11) is 0. The van der Waals surface area contributed by atoms with E-state index in [0.29, 0.717) is 23.0 Å². The number of rotatable bonds is 4. The second-order valence-electron chi connectivity index (χ2n) is 5.87. The van der Waals surface area contributed by atoms with E-state index in [1.54, 1.807) is 0 Å². The number of nitrogens with two attached hydrogens (primary N) is 1. The Kier molecular flexibility index (Phi) is 3.85. The maximum Gasteiger partial charge on any atom is 0.263 e. The number of nitrogens with one attached hydrogen (secondary N) is 1. The van der Waals surface area contributed by atoms with Crippen LogP contribution in [0.15, 0.2) is 6.07 Å². The number of aromatic nitrogens is 1. The summed E-state index contributed by atoms with van der Waals surface area (Å²) in [4.78, 5) is 18.5. The van der Waals surface area contributed by atoms with Gasteiger partial charge < -0.3 is 11.1 Å². The number of carbonyl (C=O) groups is 1. The Morgan fingerprint density at radius 2 is 2.33 bits per heavy atom. The number of thiophene rings is 1. The molecule has 2 aromatic heterocycles. The number of amides is 1. The molecule has 2 aromatic rings. The second-order valence-corrected chi connectivity index (χ2v) is 6.87. The Balaban J connectivity index is 1.89. The average Bonchev–Trinajstić information content (AvgIpc) is 3.06. The summed E-state index contributed by atoms with van der Waals surface area (Å²) in [6.07, 6.45) is 4.33. The van der Waals surface area contributed by atoms with Crippen molar-refractivity contribution in [2.75, 3.05) is 12.3 Å². The summed E-state index contributed by atoms with van der Waals surface area (Å²) in [6.45, 7) is 4.93. The molecule has 5 heteroatoms. The minimum Gasteiger partial charge on any atom is -0.397 e. The van der Waals surface area contributed by atoms with Crippen LogP contribution in [0, 0.1) is 5.92 Å². The summed E-state index contributed by atoms with van der Waals surface area (Å²) in [5.41, 5.74) is 9.23. The zero-order chi connectivity index (χ0) is 15.0. The van der Waals surface area contributed by atoms with Crippen LogP contribution in [-0.4, -0.2) is 17.4 Å². The molecule has 1 aliphatic carbocycles. The first kappa shape index (κ1) is 14.3. The SMILES string of the molecule is CCC(C)CNC(=O)c1sc2nc3c(cc2c1N)CCC3. The van der Waals surface area contributed by atoms with Crippen LogP contribution in [-0.2, 0) is 12.8 Å². The Bertz CT molecular complexity index is 692. The van der Waals surface area contributed by atoms with Gasteiger partial charge in [-0.2, -0.15) is 0 Å². The van der Waals surface area contributed by atoms with Crippen molar-refractivity contribution in [2.45, 2.75) is 39.5 Å². The third-order valence-electron chi connectivity index (χ3n) is 4.26. The van der Waals surface area contributed by atoms with Crippen LogP contribution in [0.2, 0.25) is 0 Å². The van der Waals surface area contributed by atoms with Gasteiger partial charge in [0.1, 0.15) is 9.71 Å². The molecule has 1 aliphatic rings. The lowest BCUT2D eigenvalue weighted by Crippen LogP contribution is -2.27. The Morgan fingerprint density at radius 1 is 1.52 bits per heavy atom. The van der Waals surface area contributed by atoms with Crippen molar-refractivity contribution < 1.29 is 4.79 Å². The van der Waals surface area contributed by atoms with Gasteiger partial charge in [0.2, 0.25) is 0 Å². The number of nitrogen functional groups attached to an aromatic ring is 1. The topological polar surface area (TPSA) is 68.0 Å². The van der Waals surface area contributed by atoms with E-state index in [0.717, 1.165) is 29.5 Å². The summed E-state index contributed by atoms with van der Waals surface area (Å²) in [5, 5.41) is 3.91. The van der Waals surface area contributed by atoms with Crippen LogP contribution in [0.25, 0.3) is 10.2 Å². The van der Waals surface area contributed by atoms with Gasteiger partial charge in [0.15, 0.2) is 0 Å². The van der Waals surface area contributed by atoms with Crippen LogP contribution < -0.4 is 11.1 Å². The van der Waals surface area contributed by atoms with Crippen LogP contribution in [0.3, 0.4) is 0 Å². The Morgan fingerprint density at radius 3 is 3.10 bits per heavy atom. The number of carbonyl (C=O) groups excluding carboxylic acids is 1. The molecule has 0 radical (unpaired) electrons. The number of aryl methyl sites for hydroxylation is 2. The lowest BCUT2D eigenvalue weighted by atomic mass is 10.1. The predicted molar refractivity (Wildman–Crippen MR) is 87.8 cm³/mol. The fourth-order valence-corrected chi connectivity index (χ4v) is 3.67. The third kappa shape index (κ3) is 2.62. The lowest BCUT2D eigenvalue weighted by molar-refractivity contribution is 0.0953. The zero-order valence-corrected chi connectivity index (χ0v) is 13.3. The zero-order valence-electron chi connectivity index (χ0n) is 12.5. The van der Waals surface area contributed by atoms with E-state index in [9.17, 15) is 4.79 Å². The molecule has 112 valence electrons. The second kappa shape index (κ2) is 5.64. The lowest BCUT2D eigenvalue weighted by Gasteiger charge is -2.09. The van der Waals surface area contributed by atoms with E-state index < -0.39 is 0 Å². The molecule has 21 heavy (non-hydrogen) atoms. The smallest absolute Gasteiger partial charge is 0.263 e. The molecule has 1 atom stereocenters. The maximum atomic E-state index is 12.3. The van der Waals surface area contributed by atoms with Crippen molar-refractivity contribution in [1.82, 2.24) is 10.3 Å². The Labute approximate surface area is 128 Å². The molecule has 0 aromatic carbocycles. The summed E-state index contributed by atoms with van der Waals surface area (Å²) >= 11 is 1.41. The van der Waals surface area contributed by atoms with Crippen molar-refractivity contribution in [3.8, 4) is 0 Å². The van der Waals surface area contributed by atoms with Gasteiger partial charge in [0.25, 0.3) is 5.91 Å². The number of anilines is 1. The minimum absolute atomic E-state index is 0.0732. The minimum atomic E-state index is -0.0732. The molecule has 1 unspecified atom stereocenters. The third-order valence-corrected chi connectivity index (χ3v) is 5.38. The van der Waals surface area contributed by atoms with Gasteiger partial charge in [0.05, 0.1) is 5.69 Å². The normalized spacial score (nSPS) is 15.1. The van der Waals surface area contributed by atoms with Gasteiger partial charge in [-0.1, -0.05) is 20.3 Å². The summed E-state index contributed by atoms with van der Waals surface area (Å²) in [5.74, 6) is 0.405. The van der Waals surface area contributed by atoms with Crippen molar-refractivity contribution in [3.63, 3.8) is 0 Å². The van der Waals surface area contributed by atoms with Crippen molar-refractivity contribution in [1.29, 1.82) is 0 Å². The van der Waals surface area contributed by atoms with Crippen LogP contribution in [0.1, 0.15) is 47.6 Å². The van der Waals surface area contributed by atoms with Gasteiger partial charge in [-0.05, 0) is 36.8 Å². The quantitative estimate of drug-likeness (QED) is 0.911. The van der Waals surface area contributed by atoms with E-state index in [1.807, 2.05) is 0 Å². The molecular formula is C16H21N3OS. The monoisotopic (exact) mass is 303 g/mol. The molecule has 0 spiro atoms. The van der Waals surface area contributed by atoms with E-state index in [1.165, 1.54) is 29.0 Å². The highest BCUT2D eigenvalue weighted by atomic mass is 32.1. The average molecular weight is 303 g/mol. The van der Waals surface area contributed by atoms with Gasteiger partial charge in [-0.15, -0.1) is 11.3 Å². The van der Waals surface area contributed by atoms with Gasteiger partial charge in [-0.3, -0.25) is 4.79 Å². The van der Waals surface area contributed by atoms with E-state index in [4.69, 9.17) is 5.73 Å². The fraction of sp³-hybridized carbons (Fsp3) is 0.500. The predicted octanol–water partition coefficient (Wildman–Crippen LogP) is 3.14. The highest BCUT2D eigenvalue weighted by molar-refractivity contribution is 7.21. The first-order valence-electron chi connectivity index (χ1n) is 7.59. The molecule has 0 aliphatic heterocycles. The van der Waals surface area contributed by atoms with Gasteiger partial charge in [0, 0.05) is 17.6 Å². The summed E-state index contributed by atoms with van der Waals surface area (Å²) < 4.78 is 0. The van der Waals surface area contributed by atoms with Gasteiger partial charge >= 0.3 is 0 Å². The molecule has 1 amide bonds. The van der Waals surface area contributed by atoms with E-state index in [-0.39, 0.29) is 5.91 Å². The molecular weight excluding hydrogens is 282 g/mol. The van der Waals surface area contributed by atoms with Crippen LogP contribution in [0.5, 0.6) is 0 Å². The van der Waals surface area contributed by atoms with Gasteiger partial charge in [-0.25, -0.2) is 4.98 Å². The number of pyridine rings is 1. The molecule has 0 saturated carbocycles. The van der Waals surface area contributed by atoms with Crippen molar-refractivity contribution in [3.05, 3.63) is 22.2 Å².